The third kappa shape index (κ3) is 5.47. The molecule has 0 unspecified atom stereocenters. The van der Waals surface area contributed by atoms with Crippen LogP contribution in [-0.4, -0.2) is 66.1 Å². The van der Waals surface area contributed by atoms with Gasteiger partial charge < -0.3 is 10.4 Å². The van der Waals surface area contributed by atoms with E-state index in [-0.39, 0.29) is 18.5 Å². The molecule has 1 heterocycles. The molecule has 1 amide bonds. The highest BCUT2D eigenvalue weighted by molar-refractivity contribution is 6.31. The van der Waals surface area contributed by atoms with E-state index < -0.39 is 5.97 Å². The van der Waals surface area contributed by atoms with Crippen LogP contribution >= 0.6 is 11.6 Å². The number of aryl methyl sites for hydroxylation is 1. The number of hydrogen-bond donors (Lipinski definition) is 2. The number of aliphatic carboxylic acids is 1. The van der Waals surface area contributed by atoms with Crippen molar-refractivity contribution in [2.45, 2.75) is 25.8 Å². The van der Waals surface area contributed by atoms with Gasteiger partial charge in [-0.1, -0.05) is 17.7 Å². The van der Waals surface area contributed by atoms with E-state index in [0.29, 0.717) is 17.3 Å². The first-order valence-corrected chi connectivity index (χ1v) is 8.43. The van der Waals surface area contributed by atoms with E-state index >= 15 is 0 Å². The molecule has 7 heteroatoms. The van der Waals surface area contributed by atoms with Crippen LogP contribution < -0.4 is 5.32 Å². The molecule has 0 saturated carbocycles. The maximum atomic E-state index is 12.2. The lowest BCUT2D eigenvalue weighted by molar-refractivity contribution is -0.138. The molecule has 0 aliphatic carbocycles. The van der Waals surface area contributed by atoms with E-state index in [1.54, 1.807) is 6.07 Å². The van der Waals surface area contributed by atoms with Crippen molar-refractivity contribution in [2.24, 2.45) is 0 Å². The molecule has 0 spiro atoms. The van der Waals surface area contributed by atoms with Crippen molar-refractivity contribution in [1.82, 2.24) is 9.80 Å². The predicted molar refractivity (Wildman–Crippen MR) is 94.5 cm³/mol. The number of nitrogens with one attached hydrogen (secondary N) is 1. The van der Waals surface area contributed by atoms with Crippen LogP contribution in [0.5, 0.6) is 0 Å². The fourth-order valence-electron chi connectivity index (χ4n) is 2.93. The predicted octanol–water partition coefficient (Wildman–Crippen LogP) is 2.07. The average Bonchev–Trinajstić information content (AvgIpc) is 2.51. The molecule has 2 N–H and O–H groups in total. The molecule has 2 rings (SSSR count). The smallest absolute Gasteiger partial charge is 0.317 e. The lowest BCUT2D eigenvalue weighted by Crippen LogP contribution is -2.46. The van der Waals surface area contributed by atoms with Gasteiger partial charge in [-0.2, -0.15) is 0 Å². The molecule has 1 aromatic carbocycles. The van der Waals surface area contributed by atoms with E-state index in [1.165, 1.54) is 0 Å². The fraction of sp³-hybridized carbons (Fsp3) is 0.529. The number of nitrogens with zero attached hydrogens (tertiary/aromatic N) is 2. The summed E-state index contributed by atoms with van der Waals surface area (Å²) in [6, 6.07) is 5.73. The van der Waals surface area contributed by atoms with Crippen LogP contribution in [0.1, 0.15) is 18.4 Å². The van der Waals surface area contributed by atoms with Gasteiger partial charge in [-0.05, 0) is 44.5 Å². The van der Waals surface area contributed by atoms with Crippen LogP contribution in [-0.2, 0) is 9.59 Å². The molecule has 1 aromatic rings. The van der Waals surface area contributed by atoms with E-state index in [1.807, 2.05) is 31.0 Å². The summed E-state index contributed by atoms with van der Waals surface area (Å²) in [5, 5.41) is 12.3. The lowest BCUT2D eigenvalue weighted by atomic mass is 10.0. The fourth-order valence-corrected chi connectivity index (χ4v) is 3.12. The van der Waals surface area contributed by atoms with Gasteiger partial charge in [0.05, 0.1) is 13.1 Å². The third-order valence-electron chi connectivity index (χ3n) is 4.39. The maximum Gasteiger partial charge on any atom is 0.317 e. The molecule has 1 saturated heterocycles. The quantitative estimate of drug-likeness (QED) is 0.819. The molecule has 0 radical (unpaired) electrons. The summed E-state index contributed by atoms with van der Waals surface area (Å²) in [4.78, 5) is 26.9. The topological polar surface area (TPSA) is 72.9 Å². The van der Waals surface area contributed by atoms with Gasteiger partial charge in [0.2, 0.25) is 5.91 Å². The van der Waals surface area contributed by atoms with Crippen molar-refractivity contribution in [3.05, 3.63) is 28.8 Å². The standard InChI is InChI=1S/C17H24ClN3O3/c1-12-3-4-13(9-15(12)18)19-16(22)10-21-7-5-14(6-8-21)20(2)11-17(23)24/h3-4,9,14H,5-8,10-11H2,1-2H3,(H,19,22)(H,23,24). The van der Waals surface area contributed by atoms with Crippen molar-refractivity contribution in [3.8, 4) is 0 Å². The van der Waals surface area contributed by atoms with Gasteiger partial charge in [0.25, 0.3) is 0 Å². The van der Waals surface area contributed by atoms with E-state index in [0.717, 1.165) is 31.5 Å². The first kappa shape index (κ1) is 18.7. The van der Waals surface area contributed by atoms with Crippen LogP contribution in [0, 0.1) is 6.92 Å². The van der Waals surface area contributed by atoms with Crippen LogP contribution in [0.25, 0.3) is 0 Å². The van der Waals surface area contributed by atoms with Gasteiger partial charge in [0.15, 0.2) is 0 Å². The SMILES string of the molecule is Cc1ccc(NC(=O)CN2CCC(N(C)CC(=O)O)CC2)cc1Cl. The summed E-state index contributed by atoms with van der Waals surface area (Å²) >= 11 is 6.06. The van der Waals surface area contributed by atoms with E-state index in [4.69, 9.17) is 16.7 Å². The first-order chi connectivity index (χ1) is 11.3. The largest absolute Gasteiger partial charge is 0.480 e. The van der Waals surface area contributed by atoms with Crippen molar-refractivity contribution < 1.29 is 14.7 Å². The molecule has 0 bridgehead atoms. The Hall–Kier alpha value is -1.63. The number of rotatable bonds is 6. The minimum Gasteiger partial charge on any atom is -0.480 e. The van der Waals surface area contributed by atoms with Crippen LogP contribution in [0.15, 0.2) is 18.2 Å². The number of halogens is 1. The van der Waals surface area contributed by atoms with Gasteiger partial charge in [-0.25, -0.2) is 0 Å². The lowest BCUT2D eigenvalue weighted by Gasteiger charge is -2.35. The number of piperidine rings is 1. The minimum absolute atomic E-state index is 0.0549. The van der Waals surface area contributed by atoms with Crippen molar-refractivity contribution >= 4 is 29.2 Å². The van der Waals surface area contributed by atoms with Gasteiger partial charge in [-0.3, -0.25) is 19.4 Å². The average molecular weight is 354 g/mol. The second kappa shape index (κ2) is 8.46. The number of carboxylic acids is 1. The van der Waals surface area contributed by atoms with Gasteiger partial charge in [0, 0.05) is 29.8 Å². The molecule has 0 aromatic heterocycles. The molecule has 132 valence electrons. The summed E-state index contributed by atoms with van der Waals surface area (Å²) in [6.07, 6.45) is 1.74. The molecule has 1 aliphatic heterocycles. The first-order valence-electron chi connectivity index (χ1n) is 8.05. The number of likely N-dealkylation sites (tertiary alicyclic amines) is 1. The Labute approximate surface area is 147 Å². The summed E-state index contributed by atoms with van der Waals surface area (Å²) in [5.74, 6) is -0.872. The number of hydrogen-bond acceptors (Lipinski definition) is 4. The van der Waals surface area contributed by atoms with Crippen LogP contribution in [0.2, 0.25) is 5.02 Å². The Morgan fingerprint density at radius 1 is 1.38 bits per heavy atom. The second-order valence-electron chi connectivity index (χ2n) is 6.33. The zero-order valence-corrected chi connectivity index (χ0v) is 14.8. The zero-order chi connectivity index (χ0) is 17.7. The number of likely N-dealkylation sites (N-methyl/N-ethyl adjacent to an activating group) is 1. The van der Waals surface area contributed by atoms with Gasteiger partial charge >= 0.3 is 5.97 Å². The number of amides is 1. The van der Waals surface area contributed by atoms with Crippen molar-refractivity contribution in [2.75, 3.05) is 38.5 Å². The summed E-state index contributed by atoms with van der Waals surface area (Å²) < 4.78 is 0. The Morgan fingerprint density at radius 2 is 2.04 bits per heavy atom. The molecular weight excluding hydrogens is 330 g/mol. The Morgan fingerprint density at radius 3 is 2.62 bits per heavy atom. The van der Waals surface area contributed by atoms with Crippen molar-refractivity contribution in [1.29, 1.82) is 0 Å². The maximum absolute atomic E-state index is 12.2. The number of benzene rings is 1. The summed E-state index contributed by atoms with van der Waals surface area (Å²) in [7, 11) is 1.84. The van der Waals surface area contributed by atoms with Gasteiger partial charge in [-0.15, -0.1) is 0 Å². The molecule has 6 nitrogen and oxygen atoms in total. The Bertz CT molecular complexity index is 601. The zero-order valence-electron chi connectivity index (χ0n) is 14.1. The molecular formula is C17H24ClN3O3. The third-order valence-corrected chi connectivity index (χ3v) is 4.80. The minimum atomic E-state index is -0.809. The number of carbonyl (C=O) groups is 2. The number of carboxylic acid groups (broad SMARTS) is 1. The Balaban J connectivity index is 1.77. The number of carbonyl (C=O) groups excluding carboxylic acids is 1. The van der Waals surface area contributed by atoms with Crippen molar-refractivity contribution in [3.63, 3.8) is 0 Å². The van der Waals surface area contributed by atoms with Crippen LogP contribution in [0.4, 0.5) is 5.69 Å². The van der Waals surface area contributed by atoms with Crippen LogP contribution in [0.3, 0.4) is 0 Å². The molecule has 24 heavy (non-hydrogen) atoms. The highest BCUT2D eigenvalue weighted by Crippen LogP contribution is 2.20. The monoisotopic (exact) mass is 353 g/mol. The Kier molecular flexibility index (Phi) is 6.60. The molecule has 1 aliphatic rings. The summed E-state index contributed by atoms with van der Waals surface area (Å²) in [5.41, 5.74) is 1.67. The molecule has 1 fully saturated rings. The summed E-state index contributed by atoms with van der Waals surface area (Å²) in [6.45, 7) is 3.88. The van der Waals surface area contributed by atoms with E-state index in [2.05, 4.69) is 10.2 Å². The van der Waals surface area contributed by atoms with Gasteiger partial charge in [0.1, 0.15) is 0 Å². The molecule has 0 atom stereocenters. The number of anilines is 1. The van der Waals surface area contributed by atoms with E-state index in [9.17, 15) is 9.59 Å². The highest BCUT2D eigenvalue weighted by atomic mass is 35.5. The highest BCUT2D eigenvalue weighted by Gasteiger charge is 2.24. The second-order valence-corrected chi connectivity index (χ2v) is 6.74. The normalized spacial score (nSPS) is 16.3.